The molecule has 3 aliphatic heterocycles. The van der Waals surface area contributed by atoms with Crippen molar-refractivity contribution in [3.05, 3.63) is 59.8 Å². The molecule has 4 heterocycles. The molecule has 0 radical (unpaired) electrons. The number of para-hydroxylation sites is 2. The lowest BCUT2D eigenvalue weighted by atomic mass is 10.1. The van der Waals surface area contributed by atoms with Crippen molar-refractivity contribution in [2.75, 3.05) is 53.7 Å². The summed E-state index contributed by atoms with van der Waals surface area (Å²) in [5.41, 5.74) is 5.68. The molecule has 2 aromatic carbocycles. The van der Waals surface area contributed by atoms with E-state index in [0.29, 0.717) is 24.6 Å². The van der Waals surface area contributed by atoms with Gasteiger partial charge in [0, 0.05) is 61.9 Å². The van der Waals surface area contributed by atoms with E-state index in [1.165, 1.54) is 30.8 Å². The number of rotatable bonds is 7. The van der Waals surface area contributed by atoms with E-state index in [2.05, 4.69) is 82.4 Å². The van der Waals surface area contributed by atoms with Crippen molar-refractivity contribution < 1.29 is 4.74 Å². The first kappa shape index (κ1) is 24.8. The van der Waals surface area contributed by atoms with Crippen LogP contribution in [0.15, 0.2) is 48.7 Å². The van der Waals surface area contributed by atoms with E-state index in [0.717, 1.165) is 41.0 Å². The van der Waals surface area contributed by atoms with Crippen LogP contribution in [0.3, 0.4) is 0 Å². The predicted molar refractivity (Wildman–Crippen MR) is 155 cm³/mol. The number of ether oxygens (including phenoxy) is 1. The van der Waals surface area contributed by atoms with Crippen molar-refractivity contribution in [2.45, 2.75) is 52.4 Å². The third-order valence-electron chi connectivity index (χ3n) is 8.10. The maximum Gasteiger partial charge on any atom is 0.229 e. The molecule has 8 nitrogen and oxygen atoms in total. The molecule has 6 rings (SSSR count). The van der Waals surface area contributed by atoms with E-state index in [-0.39, 0.29) is 6.17 Å². The predicted octanol–water partition coefficient (Wildman–Crippen LogP) is 5.02. The van der Waals surface area contributed by atoms with Crippen molar-refractivity contribution in [3.8, 4) is 5.75 Å². The molecule has 3 aromatic rings. The second-order valence-corrected chi connectivity index (χ2v) is 11.4. The van der Waals surface area contributed by atoms with Crippen LogP contribution in [0.25, 0.3) is 0 Å². The first-order chi connectivity index (χ1) is 18.4. The molecular weight excluding hydrogens is 474 g/mol. The van der Waals surface area contributed by atoms with Gasteiger partial charge in [-0.15, -0.1) is 0 Å². The van der Waals surface area contributed by atoms with Gasteiger partial charge >= 0.3 is 0 Å². The Hall–Kier alpha value is -3.52. The lowest BCUT2D eigenvalue weighted by Gasteiger charge is -2.37. The third-order valence-corrected chi connectivity index (χ3v) is 8.10. The van der Waals surface area contributed by atoms with Crippen LogP contribution >= 0.6 is 0 Å². The normalized spacial score (nSPS) is 22.5. The molecule has 2 bridgehead atoms. The van der Waals surface area contributed by atoms with E-state index < -0.39 is 0 Å². The van der Waals surface area contributed by atoms with E-state index in [1.807, 2.05) is 31.3 Å². The molecule has 1 aromatic heterocycles. The Morgan fingerprint density at radius 3 is 2.63 bits per heavy atom. The SMILES string of the molecule is Cc1cc(Nc2ncc(C)c(NC3COc4ccccc4N3C)n2)ccc1N1CC2CC1CN2CC(C)C. The first-order valence-corrected chi connectivity index (χ1v) is 13.8. The van der Waals surface area contributed by atoms with Crippen LogP contribution in [-0.2, 0) is 0 Å². The number of likely N-dealkylation sites (N-methyl/N-ethyl adjacent to an activating group) is 1. The number of likely N-dealkylation sites (tertiary alicyclic amines) is 1. The largest absolute Gasteiger partial charge is 0.487 e. The summed E-state index contributed by atoms with van der Waals surface area (Å²) in [6.45, 7) is 12.9. The maximum absolute atomic E-state index is 5.98. The number of hydrogen-bond donors (Lipinski definition) is 2. The molecule has 3 atom stereocenters. The van der Waals surface area contributed by atoms with Crippen LogP contribution in [0.2, 0.25) is 0 Å². The van der Waals surface area contributed by atoms with Crippen molar-refractivity contribution in [1.82, 2.24) is 14.9 Å². The highest BCUT2D eigenvalue weighted by molar-refractivity contribution is 5.66. The lowest BCUT2D eigenvalue weighted by molar-refractivity contribution is 0.213. The first-order valence-electron chi connectivity index (χ1n) is 13.8. The summed E-state index contributed by atoms with van der Waals surface area (Å²) in [5, 5.41) is 6.98. The Labute approximate surface area is 226 Å². The Bertz CT molecular complexity index is 1310. The van der Waals surface area contributed by atoms with Crippen LogP contribution in [0.4, 0.5) is 28.8 Å². The lowest BCUT2D eigenvalue weighted by Crippen LogP contribution is -2.47. The second-order valence-electron chi connectivity index (χ2n) is 11.4. The quantitative estimate of drug-likeness (QED) is 0.456. The fourth-order valence-electron chi connectivity index (χ4n) is 6.19. The number of anilines is 5. The Morgan fingerprint density at radius 1 is 1.03 bits per heavy atom. The Morgan fingerprint density at radius 2 is 1.87 bits per heavy atom. The second kappa shape index (κ2) is 9.98. The number of aromatic nitrogens is 2. The van der Waals surface area contributed by atoms with Gasteiger partial charge < -0.3 is 25.2 Å². The molecule has 0 saturated carbocycles. The average Bonchev–Trinajstić information content (AvgIpc) is 3.48. The fraction of sp³-hybridized carbons (Fsp3) is 0.467. The standard InChI is InChI=1S/C30H39N7O/c1-19(2)15-36-16-24-13-23(36)17-37(24)25-11-10-22(12-20(25)3)32-30-31-14-21(4)29(34-30)33-28-18-38-27-9-7-6-8-26(27)35(28)5/h6-12,14,19,23-24,28H,13,15-18H2,1-5H3,(H2,31,32,33,34). The zero-order valence-electron chi connectivity index (χ0n) is 23.1. The van der Waals surface area contributed by atoms with Gasteiger partial charge in [-0.2, -0.15) is 4.98 Å². The van der Waals surface area contributed by atoms with Crippen LogP contribution in [-0.4, -0.2) is 66.4 Å². The van der Waals surface area contributed by atoms with Gasteiger partial charge in [0.2, 0.25) is 5.95 Å². The van der Waals surface area contributed by atoms with Crippen molar-refractivity contribution >= 4 is 28.8 Å². The van der Waals surface area contributed by atoms with E-state index >= 15 is 0 Å². The summed E-state index contributed by atoms with van der Waals surface area (Å²) in [5.74, 6) is 3.01. The minimum absolute atomic E-state index is 0.0277. The fourth-order valence-corrected chi connectivity index (χ4v) is 6.19. The summed E-state index contributed by atoms with van der Waals surface area (Å²) in [7, 11) is 2.08. The highest BCUT2D eigenvalue weighted by Crippen LogP contribution is 2.37. The van der Waals surface area contributed by atoms with Crippen molar-refractivity contribution in [2.24, 2.45) is 5.92 Å². The van der Waals surface area contributed by atoms with Crippen molar-refractivity contribution in [3.63, 3.8) is 0 Å². The molecule has 0 aliphatic carbocycles. The van der Waals surface area contributed by atoms with Gasteiger partial charge in [-0.05, 0) is 62.1 Å². The number of hydrogen-bond acceptors (Lipinski definition) is 8. The molecule has 2 N–H and O–H groups in total. The zero-order valence-corrected chi connectivity index (χ0v) is 23.1. The van der Waals surface area contributed by atoms with E-state index in [9.17, 15) is 0 Å². The van der Waals surface area contributed by atoms with Gasteiger partial charge in [0.05, 0.1) is 5.69 Å². The van der Waals surface area contributed by atoms with Crippen LogP contribution in [0, 0.1) is 19.8 Å². The minimum Gasteiger partial charge on any atom is -0.487 e. The Kier molecular flexibility index (Phi) is 6.51. The maximum atomic E-state index is 5.98. The van der Waals surface area contributed by atoms with Crippen LogP contribution < -0.4 is 25.2 Å². The van der Waals surface area contributed by atoms with Crippen molar-refractivity contribution in [1.29, 1.82) is 0 Å². The molecule has 38 heavy (non-hydrogen) atoms. The number of aryl methyl sites for hydroxylation is 2. The number of nitrogens with zero attached hydrogens (tertiary/aromatic N) is 5. The van der Waals surface area contributed by atoms with Gasteiger partial charge in [0.1, 0.15) is 24.3 Å². The molecule has 2 fully saturated rings. The third kappa shape index (κ3) is 4.73. The Balaban J connectivity index is 1.13. The van der Waals surface area contributed by atoms with E-state index in [1.54, 1.807) is 0 Å². The number of benzene rings is 2. The minimum atomic E-state index is -0.0277. The summed E-state index contributed by atoms with van der Waals surface area (Å²) >= 11 is 0. The molecule has 2 saturated heterocycles. The topological polar surface area (TPSA) is 68.8 Å². The van der Waals surface area contributed by atoms with E-state index in [4.69, 9.17) is 9.72 Å². The molecule has 8 heteroatoms. The highest BCUT2D eigenvalue weighted by atomic mass is 16.5. The van der Waals surface area contributed by atoms with Gasteiger partial charge in [0.15, 0.2) is 0 Å². The van der Waals surface area contributed by atoms with Crippen LogP contribution in [0.5, 0.6) is 5.75 Å². The molecule has 3 unspecified atom stereocenters. The molecule has 0 amide bonds. The summed E-state index contributed by atoms with van der Waals surface area (Å²) in [6.07, 6.45) is 3.12. The molecule has 0 spiro atoms. The average molecular weight is 514 g/mol. The van der Waals surface area contributed by atoms with Gasteiger partial charge in [0.25, 0.3) is 0 Å². The smallest absolute Gasteiger partial charge is 0.229 e. The summed E-state index contributed by atoms with van der Waals surface area (Å²) in [4.78, 5) is 16.9. The monoisotopic (exact) mass is 513 g/mol. The van der Waals surface area contributed by atoms with Crippen LogP contribution in [0.1, 0.15) is 31.4 Å². The summed E-state index contributed by atoms with van der Waals surface area (Å²) < 4.78 is 5.98. The molecule has 200 valence electrons. The van der Waals surface area contributed by atoms with Gasteiger partial charge in [-0.25, -0.2) is 4.98 Å². The zero-order chi connectivity index (χ0) is 26.4. The number of nitrogens with one attached hydrogen (secondary N) is 2. The van der Waals surface area contributed by atoms with Gasteiger partial charge in [-0.1, -0.05) is 26.0 Å². The highest BCUT2D eigenvalue weighted by Gasteiger charge is 2.43. The number of piperazine rings is 1. The molecule has 3 aliphatic rings. The number of fused-ring (bicyclic) bond motifs is 3. The van der Waals surface area contributed by atoms with Gasteiger partial charge in [-0.3, -0.25) is 4.90 Å². The summed E-state index contributed by atoms with van der Waals surface area (Å²) in [6, 6.07) is 16.0. The molecular formula is C30H39N7O.